The molecule has 150 valence electrons. The zero-order valence-corrected chi connectivity index (χ0v) is 18.4. The minimum absolute atomic E-state index is 0.437. The third kappa shape index (κ3) is 4.66. The SMILES string of the molecule is CCn1c(SCc2csc(COc3ccc(Cl)cc3)n2)nnc1-c1ccoc1C. The Hall–Kier alpha value is -2.29. The van der Waals surface area contributed by atoms with Gasteiger partial charge < -0.3 is 13.7 Å². The van der Waals surface area contributed by atoms with Crippen LogP contribution in [0.2, 0.25) is 5.02 Å². The first-order valence-electron chi connectivity index (χ1n) is 9.06. The summed E-state index contributed by atoms with van der Waals surface area (Å²) in [6, 6.07) is 9.24. The summed E-state index contributed by atoms with van der Waals surface area (Å²) in [4.78, 5) is 4.66. The minimum Gasteiger partial charge on any atom is -0.486 e. The van der Waals surface area contributed by atoms with Crippen LogP contribution in [0.15, 0.2) is 51.5 Å². The Morgan fingerprint density at radius 1 is 1.21 bits per heavy atom. The molecule has 4 aromatic rings. The molecule has 1 aromatic carbocycles. The van der Waals surface area contributed by atoms with E-state index in [1.54, 1.807) is 29.4 Å². The van der Waals surface area contributed by atoms with Crippen molar-refractivity contribution in [3.8, 4) is 17.1 Å². The van der Waals surface area contributed by atoms with Gasteiger partial charge in [-0.25, -0.2) is 4.98 Å². The number of hydrogen-bond acceptors (Lipinski definition) is 7. The normalized spacial score (nSPS) is 11.1. The fraction of sp³-hybridized carbons (Fsp3) is 0.250. The van der Waals surface area contributed by atoms with E-state index in [2.05, 4.69) is 32.1 Å². The summed E-state index contributed by atoms with van der Waals surface area (Å²) < 4.78 is 13.3. The van der Waals surface area contributed by atoms with E-state index in [0.29, 0.717) is 11.6 Å². The second kappa shape index (κ2) is 9.02. The number of thiazole rings is 1. The van der Waals surface area contributed by atoms with Crippen LogP contribution in [0.25, 0.3) is 11.4 Å². The molecule has 0 saturated heterocycles. The standard InChI is InChI=1S/C20H19ClN4O2S2/c1-3-25-19(17-8-9-26-13(17)2)23-24-20(25)29-12-15-11-28-18(22-15)10-27-16-6-4-14(21)5-7-16/h4-9,11H,3,10,12H2,1-2H3. The van der Waals surface area contributed by atoms with Crippen LogP contribution < -0.4 is 4.74 Å². The van der Waals surface area contributed by atoms with Crippen LogP contribution >= 0.6 is 34.7 Å². The summed E-state index contributed by atoms with van der Waals surface area (Å²) in [5, 5.41) is 13.3. The van der Waals surface area contributed by atoms with Crippen LogP contribution in [-0.2, 0) is 18.9 Å². The van der Waals surface area contributed by atoms with Gasteiger partial charge in [0.15, 0.2) is 11.0 Å². The summed E-state index contributed by atoms with van der Waals surface area (Å²) in [7, 11) is 0. The second-order valence-electron chi connectivity index (χ2n) is 6.20. The molecular weight excluding hydrogens is 428 g/mol. The first-order valence-corrected chi connectivity index (χ1v) is 11.3. The average Bonchev–Trinajstić information content (AvgIpc) is 3.45. The van der Waals surface area contributed by atoms with Crippen LogP contribution in [0, 0.1) is 6.92 Å². The smallest absolute Gasteiger partial charge is 0.191 e. The summed E-state index contributed by atoms with van der Waals surface area (Å²) >= 11 is 9.11. The molecule has 9 heteroatoms. The van der Waals surface area contributed by atoms with Crippen LogP contribution in [-0.4, -0.2) is 19.7 Å². The Morgan fingerprint density at radius 2 is 2.03 bits per heavy atom. The highest BCUT2D eigenvalue weighted by molar-refractivity contribution is 7.98. The minimum atomic E-state index is 0.437. The number of halogens is 1. The van der Waals surface area contributed by atoms with Crippen LogP contribution in [0.3, 0.4) is 0 Å². The van der Waals surface area contributed by atoms with Gasteiger partial charge in [0.25, 0.3) is 0 Å². The molecule has 6 nitrogen and oxygen atoms in total. The van der Waals surface area contributed by atoms with Gasteiger partial charge in [0.05, 0.1) is 17.5 Å². The van der Waals surface area contributed by atoms with E-state index in [1.807, 2.05) is 37.3 Å². The fourth-order valence-corrected chi connectivity index (χ4v) is 4.62. The topological polar surface area (TPSA) is 66.0 Å². The Kier molecular flexibility index (Phi) is 6.22. The second-order valence-corrected chi connectivity index (χ2v) is 8.53. The molecule has 0 amide bonds. The number of furan rings is 1. The molecule has 0 bridgehead atoms. The van der Waals surface area contributed by atoms with Gasteiger partial charge in [-0.3, -0.25) is 0 Å². The fourth-order valence-electron chi connectivity index (χ4n) is 2.79. The lowest BCUT2D eigenvalue weighted by Gasteiger charge is -2.06. The number of benzene rings is 1. The summed E-state index contributed by atoms with van der Waals surface area (Å²) in [5.74, 6) is 3.17. The van der Waals surface area contributed by atoms with Gasteiger partial charge >= 0.3 is 0 Å². The highest BCUT2D eigenvalue weighted by Crippen LogP contribution is 2.29. The largest absolute Gasteiger partial charge is 0.486 e. The predicted octanol–water partition coefficient (Wildman–Crippen LogP) is 5.85. The van der Waals surface area contributed by atoms with Gasteiger partial charge in [-0.05, 0) is 44.2 Å². The molecule has 0 aliphatic heterocycles. The number of rotatable bonds is 8. The van der Waals surface area contributed by atoms with E-state index >= 15 is 0 Å². The maximum absolute atomic E-state index is 5.89. The molecule has 0 fully saturated rings. The lowest BCUT2D eigenvalue weighted by Crippen LogP contribution is -2.00. The number of aromatic nitrogens is 4. The monoisotopic (exact) mass is 446 g/mol. The van der Waals surface area contributed by atoms with Crippen molar-refractivity contribution in [3.63, 3.8) is 0 Å². The van der Waals surface area contributed by atoms with Crippen molar-refractivity contribution < 1.29 is 9.15 Å². The number of aryl methyl sites for hydroxylation is 1. The highest BCUT2D eigenvalue weighted by Gasteiger charge is 2.16. The molecule has 0 saturated carbocycles. The third-order valence-electron chi connectivity index (χ3n) is 4.26. The predicted molar refractivity (Wildman–Crippen MR) is 116 cm³/mol. The molecular formula is C20H19ClN4O2S2. The van der Waals surface area contributed by atoms with Crippen LogP contribution in [0.1, 0.15) is 23.4 Å². The van der Waals surface area contributed by atoms with E-state index in [4.69, 9.17) is 20.8 Å². The van der Waals surface area contributed by atoms with Crippen molar-refractivity contribution in [2.45, 2.75) is 37.9 Å². The van der Waals surface area contributed by atoms with Gasteiger partial charge in [-0.2, -0.15) is 0 Å². The zero-order valence-electron chi connectivity index (χ0n) is 16.0. The molecule has 3 aromatic heterocycles. The van der Waals surface area contributed by atoms with E-state index < -0.39 is 0 Å². The number of ether oxygens (including phenoxy) is 1. The van der Waals surface area contributed by atoms with Crippen molar-refractivity contribution in [1.29, 1.82) is 0 Å². The lowest BCUT2D eigenvalue weighted by molar-refractivity contribution is 0.305. The number of thioether (sulfide) groups is 1. The molecule has 0 aliphatic carbocycles. The van der Waals surface area contributed by atoms with Gasteiger partial charge in [-0.15, -0.1) is 21.5 Å². The van der Waals surface area contributed by atoms with Gasteiger partial charge in [0.1, 0.15) is 23.1 Å². The molecule has 0 spiro atoms. The molecule has 4 rings (SSSR count). The van der Waals surface area contributed by atoms with Crippen molar-refractivity contribution in [3.05, 3.63) is 63.5 Å². The lowest BCUT2D eigenvalue weighted by atomic mass is 10.2. The maximum Gasteiger partial charge on any atom is 0.191 e. The van der Waals surface area contributed by atoms with Gasteiger partial charge in [0.2, 0.25) is 0 Å². The Labute approximate surface area is 181 Å². The molecule has 3 heterocycles. The van der Waals surface area contributed by atoms with Crippen molar-refractivity contribution in [2.24, 2.45) is 0 Å². The van der Waals surface area contributed by atoms with Crippen molar-refractivity contribution in [1.82, 2.24) is 19.7 Å². The summed E-state index contributed by atoms with van der Waals surface area (Å²) in [6.45, 7) is 5.24. The molecule has 29 heavy (non-hydrogen) atoms. The Balaban J connectivity index is 1.38. The Morgan fingerprint density at radius 3 is 2.76 bits per heavy atom. The first kappa shape index (κ1) is 20.0. The molecule has 0 N–H and O–H groups in total. The molecule has 0 atom stereocenters. The van der Waals surface area contributed by atoms with Crippen LogP contribution in [0.4, 0.5) is 0 Å². The maximum atomic E-state index is 5.89. The third-order valence-corrected chi connectivity index (χ3v) is 6.38. The van der Waals surface area contributed by atoms with Crippen molar-refractivity contribution >= 4 is 34.7 Å². The first-order chi connectivity index (χ1) is 14.1. The molecule has 0 radical (unpaired) electrons. The van der Waals surface area contributed by atoms with Gasteiger partial charge in [-0.1, -0.05) is 23.4 Å². The molecule has 0 unspecified atom stereocenters. The van der Waals surface area contributed by atoms with E-state index in [1.165, 1.54) is 0 Å². The number of hydrogen-bond donors (Lipinski definition) is 0. The quantitative estimate of drug-likeness (QED) is 0.316. The van der Waals surface area contributed by atoms with Crippen LogP contribution in [0.5, 0.6) is 5.75 Å². The Bertz CT molecular complexity index is 1090. The summed E-state index contributed by atoms with van der Waals surface area (Å²) in [5.41, 5.74) is 1.97. The highest BCUT2D eigenvalue weighted by atomic mass is 35.5. The summed E-state index contributed by atoms with van der Waals surface area (Å²) in [6.07, 6.45) is 1.68. The number of nitrogens with zero attached hydrogens (tertiary/aromatic N) is 4. The van der Waals surface area contributed by atoms with Crippen molar-refractivity contribution in [2.75, 3.05) is 0 Å². The van der Waals surface area contributed by atoms with E-state index in [9.17, 15) is 0 Å². The molecule has 0 aliphatic rings. The van der Waals surface area contributed by atoms with E-state index in [0.717, 1.165) is 51.1 Å². The van der Waals surface area contributed by atoms with Gasteiger partial charge in [0, 0.05) is 22.7 Å². The zero-order chi connectivity index (χ0) is 20.2. The van der Waals surface area contributed by atoms with E-state index in [-0.39, 0.29) is 0 Å². The average molecular weight is 447 g/mol.